The van der Waals surface area contributed by atoms with Gasteiger partial charge in [0.2, 0.25) is 3.79 Å². The van der Waals surface area contributed by atoms with Crippen molar-refractivity contribution in [1.82, 2.24) is 0 Å². The Hall–Kier alpha value is -1.13. The SMILES string of the molecule is COc1ccc(C(c2ccc(OC)cc2)C(Cl)(Cl)Cl)cc1.O. The van der Waals surface area contributed by atoms with Crippen LogP contribution in [0.25, 0.3) is 0 Å². The molecule has 0 saturated carbocycles. The largest absolute Gasteiger partial charge is 0.497 e. The molecule has 0 saturated heterocycles. The van der Waals surface area contributed by atoms with E-state index in [1.54, 1.807) is 14.2 Å². The van der Waals surface area contributed by atoms with Crippen LogP contribution in [-0.4, -0.2) is 23.5 Å². The highest BCUT2D eigenvalue weighted by Gasteiger charge is 2.35. The van der Waals surface area contributed by atoms with Crippen molar-refractivity contribution in [3.63, 3.8) is 0 Å². The average molecular weight is 364 g/mol. The number of hydrogen-bond donors (Lipinski definition) is 0. The number of alkyl halides is 3. The van der Waals surface area contributed by atoms with E-state index in [1.165, 1.54) is 0 Å². The fraction of sp³-hybridized carbons (Fsp3) is 0.250. The molecule has 22 heavy (non-hydrogen) atoms. The van der Waals surface area contributed by atoms with Crippen LogP contribution in [0.1, 0.15) is 17.0 Å². The zero-order chi connectivity index (χ0) is 15.5. The van der Waals surface area contributed by atoms with Crippen molar-refractivity contribution in [3.05, 3.63) is 59.7 Å². The van der Waals surface area contributed by atoms with Gasteiger partial charge < -0.3 is 14.9 Å². The zero-order valence-corrected chi connectivity index (χ0v) is 14.4. The summed E-state index contributed by atoms with van der Waals surface area (Å²) >= 11 is 18.6. The molecule has 0 fully saturated rings. The summed E-state index contributed by atoms with van der Waals surface area (Å²) in [5, 5.41) is 0. The van der Waals surface area contributed by atoms with Crippen LogP contribution in [0.2, 0.25) is 0 Å². The van der Waals surface area contributed by atoms with E-state index in [9.17, 15) is 0 Å². The molecule has 2 aromatic rings. The Labute approximate surface area is 145 Å². The molecule has 0 amide bonds. The van der Waals surface area contributed by atoms with Crippen LogP contribution in [0, 0.1) is 0 Å². The maximum Gasteiger partial charge on any atom is 0.201 e. The molecule has 120 valence electrons. The van der Waals surface area contributed by atoms with Gasteiger partial charge in [0, 0.05) is 0 Å². The summed E-state index contributed by atoms with van der Waals surface area (Å²) in [4.78, 5) is 0. The molecule has 2 rings (SSSR count). The maximum atomic E-state index is 6.18. The summed E-state index contributed by atoms with van der Waals surface area (Å²) in [6, 6.07) is 15.0. The number of halogens is 3. The summed E-state index contributed by atoms with van der Waals surface area (Å²) in [6.07, 6.45) is 0. The molecule has 3 nitrogen and oxygen atoms in total. The zero-order valence-electron chi connectivity index (χ0n) is 12.1. The monoisotopic (exact) mass is 362 g/mol. The summed E-state index contributed by atoms with van der Waals surface area (Å²) in [5.74, 6) is 1.15. The molecule has 2 N–H and O–H groups in total. The van der Waals surface area contributed by atoms with Crippen LogP contribution in [0.3, 0.4) is 0 Å². The third-order valence-corrected chi connectivity index (χ3v) is 3.88. The smallest absolute Gasteiger partial charge is 0.201 e. The van der Waals surface area contributed by atoms with E-state index < -0.39 is 3.79 Å². The van der Waals surface area contributed by atoms with Gasteiger partial charge >= 0.3 is 0 Å². The fourth-order valence-electron chi connectivity index (χ4n) is 2.16. The van der Waals surface area contributed by atoms with Gasteiger partial charge in [-0.05, 0) is 35.4 Å². The van der Waals surface area contributed by atoms with Gasteiger partial charge in [0.05, 0.1) is 20.1 Å². The molecule has 0 aliphatic carbocycles. The van der Waals surface area contributed by atoms with Crippen molar-refractivity contribution < 1.29 is 14.9 Å². The number of ether oxygens (including phenoxy) is 2. The number of benzene rings is 2. The van der Waals surface area contributed by atoms with Gasteiger partial charge in [0.15, 0.2) is 0 Å². The van der Waals surface area contributed by atoms with Gasteiger partial charge in [-0.25, -0.2) is 0 Å². The quantitative estimate of drug-likeness (QED) is 0.757. The normalized spacial score (nSPS) is 11.0. The lowest BCUT2D eigenvalue weighted by molar-refractivity contribution is 0.414. The van der Waals surface area contributed by atoms with Crippen molar-refractivity contribution in [2.45, 2.75) is 9.71 Å². The number of methoxy groups -OCH3 is 2. The number of hydrogen-bond acceptors (Lipinski definition) is 2. The van der Waals surface area contributed by atoms with Gasteiger partial charge in [-0.15, -0.1) is 0 Å². The highest BCUT2D eigenvalue weighted by molar-refractivity contribution is 6.68. The van der Waals surface area contributed by atoms with E-state index in [-0.39, 0.29) is 11.4 Å². The molecule has 6 heteroatoms. The predicted octanol–water partition coefficient (Wildman–Crippen LogP) is 4.38. The topological polar surface area (TPSA) is 50.0 Å². The summed E-state index contributed by atoms with van der Waals surface area (Å²) < 4.78 is 8.85. The average Bonchev–Trinajstić information content (AvgIpc) is 2.47. The second kappa shape index (κ2) is 7.93. The van der Waals surface area contributed by atoms with Gasteiger partial charge in [-0.2, -0.15) is 0 Å². The minimum atomic E-state index is -1.46. The third kappa shape index (κ3) is 4.43. The molecule has 0 unspecified atom stereocenters. The standard InChI is InChI=1S/C16H15Cl3O2.H2O/c1-20-13-7-3-11(4-8-13)15(16(17,18)19)12-5-9-14(21-2)10-6-12;/h3-10,15H,1-2H3;1H2. The molecule has 0 bridgehead atoms. The lowest BCUT2D eigenvalue weighted by Gasteiger charge is -2.25. The Morgan fingerprint density at radius 3 is 1.27 bits per heavy atom. The van der Waals surface area contributed by atoms with Crippen molar-refractivity contribution in [1.29, 1.82) is 0 Å². The molecular formula is C16H17Cl3O3. The lowest BCUT2D eigenvalue weighted by atomic mass is 9.92. The van der Waals surface area contributed by atoms with Crippen molar-refractivity contribution in [2.24, 2.45) is 0 Å². The van der Waals surface area contributed by atoms with Crippen molar-refractivity contribution in [2.75, 3.05) is 14.2 Å². The molecular weight excluding hydrogens is 347 g/mol. The first-order valence-electron chi connectivity index (χ1n) is 6.30. The Morgan fingerprint density at radius 2 is 1.05 bits per heavy atom. The molecule has 2 aromatic carbocycles. The van der Waals surface area contributed by atoms with E-state index in [2.05, 4.69) is 0 Å². The van der Waals surface area contributed by atoms with Gasteiger partial charge in [0.25, 0.3) is 0 Å². The van der Waals surface area contributed by atoms with Crippen molar-refractivity contribution >= 4 is 34.8 Å². The highest BCUT2D eigenvalue weighted by Crippen LogP contribution is 2.46. The molecule has 0 heterocycles. The Morgan fingerprint density at radius 1 is 0.727 bits per heavy atom. The van der Waals surface area contributed by atoms with Crippen LogP contribution < -0.4 is 9.47 Å². The van der Waals surface area contributed by atoms with Gasteiger partial charge in [0.1, 0.15) is 11.5 Å². The third-order valence-electron chi connectivity index (χ3n) is 3.23. The molecule has 0 aromatic heterocycles. The first kappa shape index (κ1) is 18.9. The van der Waals surface area contributed by atoms with E-state index in [0.717, 1.165) is 22.6 Å². The summed E-state index contributed by atoms with van der Waals surface area (Å²) in [6.45, 7) is 0. The molecule has 0 atom stereocenters. The van der Waals surface area contributed by atoms with Crippen LogP contribution in [0.4, 0.5) is 0 Å². The van der Waals surface area contributed by atoms with E-state index in [1.807, 2.05) is 48.5 Å². The molecule has 0 spiro atoms. The second-order valence-corrected chi connectivity index (χ2v) is 6.89. The number of rotatable bonds is 4. The molecule has 0 radical (unpaired) electrons. The highest BCUT2D eigenvalue weighted by atomic mass is 35.6. The minimum Gasteiger partial charge on any atom is -0.497 e. The Balaban J connectivity index is 0.00000242. The van der Waals surface area contributed by atoms with Crippen LogP contribution in [0.5, 0.6) is 11.5 Å². The first-order valence-corrected chi connectivity index (χ1v) is 7.43. The maximum absolute atomic E-state index is 6.18. The van der Waals surface area contributed by atoms with Gasteiger partial charge in [-0.1, -0.05) is 59.1 Å². The minimum absolute atomic E-state index is 0. The summed E-state index contributed by atoms with van der Waals surface area (Å²) in [7, 11) is 3.23. The summed E-state index contributed by atoms with van der Waals surface area (Å²) in [5.41, 5.74) is 1.81. The van der Waals surface area contributed by atoms with E-state index in [0.29, 0.717) is 0 Å². The fourth-order valence-corrected chi connectivity index (χ4v) is 2.92. The second-order valence-electron chi connectivity index (χ2n) is 4.52. The van der Waals surface area contributed by atoms with Gasteiger partial charge in [-0.3, -0.25) is 0 Å². The van der Waals surface area contributed by atoms with Crippen LogP contribution in [-0.2, 0) is 0 Å². The lowest BCUT2D eigenvalue weighted by Crippen LogP contribution is -2.18. The van der Waals surface area contributed by atoms with E-state index in [4.69, 9.17) is 44.3 Å². The van der Waals surface area contributed by atoms with Crippen molar-refractivity contribution in [3.8, 4) is 11.5 Å². The molecule has 0 aliphatic heterocycles. The van der Waals surface area contributed by atoms with Crippen LogP contribution in [0.15, 0.2) is 48.5 Å². The Kier molecular flexibility index (Phi) is 6.82. The van der Waals surface area contributed by atoms with E-state index >= 15 is 0 Å². The Bertz CT molecular complexity index is 530. The van der Waals surface area contributed by atoms with Crippen LogP contribution >= 0.6 is 34.8 Å². The first-order chi connectivity index (χ1) is 9.95. The predicted molar refractivity (Wildman–Crippen MR) is 91.7 cm³/mol. The molecule has 0 aliphatic rings.